The molecule has 0 fully saturated rings. The molecule has 0 aliphatic rings. The van der Waals surface area contributed by atoms with E-state index in [2.05, 4.69) is 10.3 Å². The zero-order valence-electron chi connectivity index (χ0n) is 11.2. The second kappa shape index (κ2) is 5.84. The number of aryl methyl sites for hydroxylation is 2. The van der Waals surface area contributed by atoms with Gasteiger partial charge in [0.2, 0.25) is 0 Å². The van der Waals surface area contributed by atoms with Gasteiger partial charge in [-0.15, -0.1) is 11.3 Å². The number of anilines is 1. The van der Waals surface area contributed by atoms with E-state index in [1.54, 1.807) is 17.4 Å². The number of nitrogens with zero attached hydrogens (tertiary/aromatic N) is 1. The van der Waals surface area contributed by atoms with Gasteiger partial charge in [-0.05, 0) is 31.5 Å². The molecule has 0 atom stereocenters. The van der Waals surface area contributed by atoms with Crippen LogP contribution in [0.2, 0.25) is 0 Å². The lowest BCUT2D eigenvalue weighted by Gasteiger charge is -2.10. The highest BCUT2D eigenvalue weighted by atomic mass is 32.1. The molecular weight excluding hydrogens is 260 g/mol. The molecule has 1 aromatic carbocycles. The highest BCUT2D eigenvalue weighted by Gasteiger charge is 2.08. The first-order valence-corrected chi connectivity index (χ1v) is 6.76. The van der Waals surface area contributed by atoms with Crippen LogP contribution in [0.25, 0.3) is 0 Å². The van der Waals surface area contributed by atoms with E-state index in [0.717, 1.165) is 16.3 Å². The largest absolute Gasteiger partial charge is 0.465 e. The molecule has 0 aliphatic carbocycles. The summed E-state index contributed by atoms with van der Waals surface area (Å²) in [7, 11) is 1.38. The van der Waals surface area contributed by atoms with Crippen molar-refractivity contribution < 1.29 is 9.53 Å². The number of ether oxygens (including phenoxy) is 1. The first-order chi connectivity index (χ1) is 9.10. The number of nitrogens with one attached hydrogen (secondary N) is 1. The fourth-order valence-corrected chi connectivity index (χ4v) is 2.46. The van der Waals surface area contributed by atoms with Crippen LogP contribution >= 0.6 is 11.3 Å². The SMILES string of the molecule is COC(=O)c1ccc(C)c(NCc2cnc(C)s2)c1. The molecule has 19 heavy (non-hydrogen) atoms. The van der Waals surface area contributed by atoms with E-state index in [4.69, 9.17) is 4.74 Å². The highest BCUT2D eigenvalue weighted by molar-refractivity contribution is 7.11. The van der Waals surface area contributed by atoms with Crippen molar-refractivity contribution in [2.24, 2.45) is 0 Å². The number of hydrogen-bond donors (Lipinski definition) is 1. The lowest BCUT2D eigenvalue weighted by Crippen LogP contribution is -2.04. The molecule has 0 unspecified atom stereocenters. The highest BCUT2D eigenvalue weighted by Crippen LogP contribution is 2.20. The Labute approximate surface area is 116 Å². The summed E-state index contributed by atoms with van der Waals surface area (Å²) in [4.78, 5) is 16.9. The Balaban J connectivity index is 2.12. The third kappa shape index (κ3) is 3.32. The number of esters is 1. The third-order valence-corrected chi connectivity index (χ3v) is 3.69. The van der Waals surface area contributed by atoms with Crippen molar-refractivity contribution in [1.29, 1.82) is 0 Å². The molecule has 0 saturated heterocycles. The predicted octanol–water partition coefficient (Wildman–Crippen LogP) is 3.16. The summed E-state index contributed by atoms with van der Waals surface area (Å²) in [5.74, 6) is -0.323. The average molecular weight is 276 g/mol. The van der Waals surface area contributed by atoms with Crippen molar-refractivity contribution >= 4 is 23.0 Å². The maximum atomic E-state index is 11.5. The van der Waals surface area contributed by atoms with Crippen LogP contribution in [0.4, 0.5) is 5.69 Å². The number of carbonyl (C=O) groups is 1. The Morgan fingerprint density at radius 3 is 2.84 bits per heavy atom. The van der Waals surface area contributed by atoms with Crippen LogP contribution in [0.5, 0.6) is 0 Å². The summed E-state index contributed by atoms with van der Waals surface area (Å²) in [5.41, 5.74) is 2.58. The number of carbonyl (C=O) groups excluding carboxylic acids is 1. The normalized spacial score (nSPS) is 10.3. The fraction of sp³-hybridized carbons (Fsp3) is 0.286. The topological polar surface area (TPSA) is 51.2 Å². The standard InChI is InChI=1S/C14H16N2O2S/c1-9-4-5-11(14(17)18-3)6-13(9)16-8-12-7-15-10(2)19-12/h4-7,16H,8H2,1-3H3. The van der Waals surface area contributed by atoms with Gasteiger partial charge in [0.05, 0.1) is 24.2 Å². The zero-order chi connectivity index (χ0) is 13.8. The molecule has 1 N–H and O–H groups in total. The zero-order valence-corrected chi connectivity index (χ0v) is 12.0. The minimum absolute atomic E-state index is 0.323. The molecule has 0 radical (unpaired) electrons. The minimum atomic E-state index is -0.323. The van der Waals surface area contributed by atoms with E-state index < -0.39 is 0 Å². The molecule has 4 nitrogen and oxygen atoms in total. The molecule has 0 amide bonds. The molecule has 0 aliphatic heterocycles. The van der Waals surface area contributed by atoms with Crippen molar-refractivity contribution in [3.63, 3.8) is 0 Å². The Morgan fingerprint density at radius 1 is 1.42 bits per heavy atom. The molecule has 2 aromatic rings. The third-order valence-electron chi connectivity index (χ3n) is 2.78. The first kappa shape index (κ1) is 13.5. The second-order valence-corrected chi connectivity index (χ2v) is 5.54. The molecule has 1 heterocycles. The maximum Gasteiger partial charge on any atom is 0.337 e. The van der Waals surface area contributed by atoms with Gasteiger partial charge < -0.3 is 10.1 Å². The summed E-state index contributed by atoms with van der Waals surface area (Å²) >= 11 is 1.66. The average Bonchev–Trinajstić information content (AvgIpc) is 2.82. The Bertz CT molecular complexity index is 593. The van der Waals surface area contributed by atoms with Gasteiger partial charge in [0, 0.05) is 16.8 Å². The van der Waals surface area contributed by atoms with Crippen LogP contribution < -0.4 is 5.32 Å². The van der Waals surface area contributed by atoms with Gasteiger partial charge in [-0.2, -0.15) is 0 Å². The van der Waals surface area contributed by atoms with E-state index in [1.165, 1.54) is 12.0 Å². The molecule has 1 aromatic heterocycles. The lowest BCUT2D eigenvalue weighted by molar-refractivity contribution is 0.0601. The van der Waals surface area contributed by atoms with Gasteiger partial charge in [-0.25, -0.2) is 9.78 Å². The van der Waals surface area contributed by atoms with Gasteiger partial charge in [-0.1, -0.05) is 6.07 Å². The number of methoxy groups -OCH3 is 1. The fourth-order valence-electron chi connectivity index (χ4n) is 1.73. The molecule has 0 saturated carbocycles. The van der Waals surface area contributed by atoms with E-state index in [1.807, 2.05) is 32.2 Å². The molecule has 5 heteroatoms. The van der Waals surface area contributed by atoms with Crippen LogP contribution in [0, 0.1) is 13.8 Å². The number of rotatable bonds is 4. The van der Waals surface area contributed by atoms with Crippen molar-refractivity contribution in [1.82, 2.24) is 4.98 Å². The van der Waals surface area contributed by atoms with Gasteiger partial charge in [0.15, 0.2) is 0 Å². The second-order valence-electron chi connectivity index (χ2n) is 4.22. The van der Waals surface area contributed by atoms with Crippen LogP contribution in [0.3, 0.4) is 0 Å². The smallest absolute Gasteiger partial charge is 0.337 e. The van der Waals surface area contributed by atoms with Crippen molar-refractivity contribution in [3.8, 4) is 0 Å². The summed E-state index contributed by atoms with van der Waals surface area (Å²) in [6, 6.07) is 5.49. The van der Waals surface area contributed by atoms with E-state index in [-0.39, 0.29) is 5.97 Å². The summed E-state index contributed by atoms with van der Waals surface area (Å²) in [6.07, 6.45) is 1.87. The van der Waals surface area contributed by atoms with Crippen molar-refractivity contribution in [2.45, 2.75) is 20.4 Å². The van der Waals surface area contributed by atoms with Crippen LogP contribution in [-0.2, 0) is 11.3 Å². The Hall–Kier alpha value is -1.88. The summed E-state index contributed by atoms with van der Waals surface area (Å²) < 4.78 is 4.72. The molecule has 100 valence electrons. The van der Waals surface area contributed by atoms with Crippen LogP contribution in [0.15, 0.2) is 24.4 Å². The number of benzene rings is 1. The van der Waals surface area contributed by atoms with E-state index in [9.17, 15) is 4.79 Å². The van der Waals surface area contributed by atoms with E-state index >= 15 is 0 Å². The van der Waals surface area contributed by atoms with Crippen LogP contribution in [-0.4, -0.2) is 18.1 Å². The van der Waals surface area contributed by atoms with Crippen molar-refractivity contribution in [3.05, 3.63) is 45.4 Å². The summed E-state index contributed by atoms with van der Waals surface area (Å²) in [6.45, 7) is 4.69. The Kier molecular flexibility index (Phi) is 4.16. The quantitative estimate of drug-likeness (QED) is 0.872. The summed E-state index contributed by atoms with van der Waals surface area (Å²) in [5, 5.41) is 4.38. The maximum absolute atomic E-state index is 11.5. The lowest BCUT2D eigenvalue weighted by atomic mass is 10.1. The van der Waals surface area contributed by atoms with Crippen LogP contribution in [0.1, 0.15) is 25.8 Å². The van der Waals surface area contributed by atoms with Gasteiger partial charge in [0.25, 0.3) is 0 Å². The molecular formula is C14H16N2O2S. The van der Waals surface area contributed by atoms with Gasteiger partial charge in [0.1, 0.15) is 0 Å². The van der Waals surface area contributed by atoms with Gasteiger partial charge in [-0.3, -0.25) is 0 Å². The molecule has 0 bridgehead atoms. The number of thiazole rings is 1. The number of hydrogen-bond acceptors (Lipinski definition) is 5. The van der Waals surface area contributed by atoms with Gasteiger partial charge >= 0.3 is 5.97 Å². The molecule has 0 spiro atoms. The van der Waals surface area contributed by atoms with Crippen molar-refractivity contribution in [2.75, 3.05) is 12.4 Å². The molecule has 2 rings (SSSR count). The monoisotopic (exact) mass is 276 g/mol. The minimum Gasteiger partial charge on any atom is -0.465 e. The predicted molar refractivity (Wildman–Crippen MR) is 76.7 cm³/mol. The number of aromatic nitrogens is 1. The van der Waals surface area contributed by atoms with E-state index in [0.29, 0.717) is 12.1 Å². The first-order valence-electron chi connectivity index (χ1n) is 5.94. The Morgan fingerprint density at radius 2 is 2.21 bits per heavy atom.